The lowest BCUT2D eigenvalue weighted by molar-refractivity contribution is 0.242. The van der Waals surface area contributed by atoms with E-state index in [1.807, 2.05) is 14.0 Å². The number of aryl methyl sites for hydroxylation is 1. The molecule has 0 saturated carbocycles. The highest BCUT2D eigenvalue weighted by atomic mass is 79.9. The van der Waals surface area contributed by atoms with Crippen molar-refractivity contribution in [1.82, 2.24) is 9.62 Å². The van der Waals surface area contributed by atoms with Gasteiger partial charge in [-0.3, -0.25) is 0 Å². The lowest BCUT2D eigenvalue weighted by Gasteiger charge is -2.30. The number of hydrogen-bond donors (Lipinski definition) is 2. The van der Waals surface area contributed by atoms with Crippen LogP contribution in [0.5, 0.6) is 0 Å². The molecule has 1 fully saturated rings. The molecule has 1 aliphatic rings. The normalized spacial score (nSPS) is 20.7. The van der Waals surface area contributed by atoms with Gasteiger partial charge in [0.05, 0.1) is 11.5 Å². The third-order valence-corrected chi connectivity index (χ3v) is 6.56. The summed E-state index contributed by atoms with van der Waals surface area (Å²) in [6.45, 7) is 3.36. The molecule has 2 rings (SSSR count). The topological polar surface area (TPSA) is 69.6 Å². The highest BCUT2D eigenvalue weighted by Crippen LogP contribution is 2.28. The van der Waals surface area contributed by atoms with E-state index in [1.165, 1.54) is 6.07 Å². The van der Waals surface area contributed by atoms with Gasteiger partial charge in [0.1, 0.15) is 0 Å². The first-order valence-electron chi connectivity index (χ1n) is 6.94. The molecule has 0 amide bonds. The molecule has 0 radical (unpaired) electrons. The van der Waals surface area contributed by atoms with Crippen molar-refractivity contribution in [3.8, 4) is 0 Å². The van der Waals surface area contributed by atoms with Gasteiger partial charge < -0.3 is 10.0 Å². The van der Waals surface area contributed by atoms with Crippen LogP contribution in [0.2, 0.25) is 0 Å². The number of likely N-dealkylation sites (tertiary alicyclic amines) is 1. The van der Waals surface area contributed by atoms with Gasteiger partial charge in [-0.1, -0.05) is 6.07 Å². The van der Waals surface area contributed by atoms with Gasteiger partial charge in [0, 0.05) is 17.1 Å². The van der Waals surface area contributed by atoms with E-state index >= 15 is 0 Å². The predicted molar refractivity (Wildman–Crippen MR) is 85.6 cm³/mol. The zero-order chi connectivity index (χ0) is 15.6. The molecule has 0 aromatic heterocycles. The molecule has 2 N–H and O–H groups in total. The van der Waals surface area contributed by atoms with Gasteiger partial charge in [0.25, 0.3) is 0 Å². The summed E-state index contributed by atoms with van der Waals surface area (Å²) in [4.78, 5) is 2.32. The van der Waals surface area contributed by atoms with Gasteiger partial charge in [-0.15, -0.1) is 0 Å². The monoisotopic (exact) mass is 376 g/mol. The van der Waals surface area contributed by atoms with Crippen LogP contribution >= 0.6 is 15.9 Å². The van der Waals surface area contributed by atoms with Crippen LogP contribution in [0.25, 0.3) is 0 Å². The Morgan fingerprint density at radius 3 is 2.81 bits per heavy atom. The number of likely N-dealkylation sites (N-methyl/N-ethyl adjacent to an activating group) is 1. The van der Waals surface area contributed by atoms with Gasteiger partial charge in [-0.25, -0.2) is 13.1 Å². The standard InChI is InChI=1S/C14H21BrN2O3S/c1-10-6-11(9-18)7-13(14(10)15)21(19,20)16-12-4-3-5-17(2)8-12/h6-7,12,16,18H,3-5,8-9H2,1-2H3. The molecule has 0 aliphatic carbocycles. The summed E-state index contributed by atoms with van der Waals surface area (Å²) in [5.41, 5.74) is 1.39. The first-order chi connectivity index (χ1) is 9.83. The second-order valence-electron chi connectivity index (χ2n) is 5.61. The Labute approximate surface area is 134 Å². The van der Waals surface area contributed by atoms with Gasteiger partial charge in [0.2, 0.25) is 10.0 Å². The Morgan fingerprint density at radius 1 is 1.48 bits per heavy atom. The van der Waals surface area contributed by atoms with E-state index in [9.17, 15) is 13.5 Å². The van der Waals surface area contributed by atoms with Crippen molar-refractivity contribution in [2.24, 2.45) is 0 Å². The van der Waals surface area contributed by atoms with E-state index in [2.05, 4.69) is 25.6 Å². The lowest BCUT2D eigenvalue weighted by Crippen LogP contribution is -2.46. The van der Waals surface area contributed by atoms with E-state index < -0.39 is 10.0 Å². The van der Waals surface area contributed by atoms with Crippen LogP contribution in [-0.4, -0.2) is 44.6 Å². The molecule has 1 heterocycles. The molecule has 118 valence electrons. The van der Waals surface area contributed by atoms with Crippen molar-refractivity contribution in [2.75, 3.05) is 20.1 Å². The predicted octanol–water partition coefficient (Wildman–Crippen LogP) is 1.62. The average molecular weight is 377 g/mol. The number of sulfonamides is 1. The van der Waals surface area contributed by atoms with Crippen LogP contribution in [0.1, 0.15) is 24.0 Å². The summed E-state index contributed by atoms with van der Waals surface area (Å²) in [5.74, 6) is 0. The van der Waals surface area contributed by atoms with Crippen molar-refractivity contribution in [1.29, 1.82) is 0 Å². The van der Waals surface area contributed by atoms with Crippen molar-refractivity contribution in [2.45, 2.75) is 37.3 Å². The van der Waals surface area contributed by atoms with E-state index in [-0.39, 0.29) is 17.5 Å². The van der Waals surface area contributed by atoms with Crippen LogP contribution in [0.3, 0.4) is 0 Å². The molecule has 1 saturated heterocycles. The molecule has 7 heteroatoms. The molecule has 0 spiro atoms. The van der Waals surface area contributed by atoms with Gasteiger partial charge in [0.15, 0.2) is 0 Å². The zero-order valence-electron chi connectivity index (χ0n) is 12.3. The van der Waals surface area contributed by atoms with Crippen LogP contribution in [-0.2, 0) is 16.6 Å². The van der Waals surface area contributed by atoms with Crippen LogP contribution < -0.4 is 4.72 Å². The van der Waals surface area contributed by atoms with Crippen molar-refractivity contribution in [3.05, 3.63) is 27.7 Å². The number of piperidine rings is 1. The average Bonchev–Trinajstić information content (AvgIpc) is 2.41. The molecule has 1 aromatic carbocycles. The summed E-state index contributed by atoms with van der Waals surface area (Å²) >= 11 is 3.34. The van der Waals surface area contributed by atoms with Crippen molar-refractivity contribution >= 4 is 26.0 Å². The Hall–Kier alpha value is -0.470. The Balaban J connectivity index is 2.29. The Kier molecular flexibility index (Phi) is 5.43. The van der Waals surface area contributed by atoms with Crippen LogP contribution in [0.15, 0.2) is 21.5 Å². The fourth-order valence-electron chi connectivity index (χ4n) is 2.64. The number of nitrogens with zero attached hydrogens (tertiary/aromatic N) is 1. The largest absolute Gasteiger partial charge is 0.392 e. The second kappa shape index (κ2) is 6.75. The minimum absolute atomic E-state index is 0.0706. The second-order valence-corrected chi connectivity index (χ2v) is 8.08. The third kappa shape index (κ3) is 4.04. The molecule has 1 unspecified atom stereocenters. The van der Waals surface area contributed by atoms with Crippen LogP contribution in [0, 0.1) is 6.92 Å². The molecule has 1 aliphatic heterocycles. The zero-order valence-corrected chi connectivity index (χ0v) is 14.7. The highest BCUT2D eigenvalue weighted by Gasteiger charge is 2.26. The number of rotatable bonds is 4. The molecule has 0 bridgehead atoms. The number of halogens is 1. The summed E-state index contributed by atoms with van der Waals surface area (Å²) < 4.78 is 28.5. The van der Waals surface area contributed by atoms with E-state index in [0.717, 1.165) is 31.5 Å². The number of benzene rings is 1. The summed E-state index contributed by atoms with van der Waals surface area (Å²) in [6.07, 6.45) is 1.83. The minimum Gasteiger partial charge on any atom is -0.392 e. The maximum Gasteiger partial charge on any atom is 0.242 e. The van der Waals surface area contributed by atoms with E-state index in [0.29, 0.717) is 10.0 Å². The molecular weight excluding hydrogens is 356 g/mol. The summed E-state index contributed by atoms with van der Waals surface area (Å²) in [5, 5.41) is 9.26. The molecule has 21 heavy (non-hydrogen) atoms. The van der Waals surface area contributed by atoms with Gasteiger partial charge in [-0.2, -0.15) is 0 Å². The number of aliphatic hydroxyl groups excluding tert-OH is 1. The molecule has 1 aromatic rings. The Bertz CT molecular complexity index is 619. The van der Waals surface area contributed by atoms with E-state index in [4.69, 9.17) is 0 Å². The highest BCUT2D eigenvalue weighted by molar-refractivity contribution is 9.10. The summed E-state index contributed by atoms with van der Waals surface area (Å²) in [7, 11) is -1.61. The van der Waals surface area contributed by atoms with Crippen molar-refractivity contribution < 1.29 is 13.5 Å². The van der Waals surface area contributed by atoms with Gasteiger partial charge in [-0.05, 0) is 66.5 Å². The molecule has 5 nitrogen and oxygen atoms in total. The van der Waals surface area contributed by atoms with Gasteiger partial charge >= 0.3 is 0 Å². The number of nitrogens with one attached hydrogen (secondary N) is 1. The fourth-order valence-corrected chi connectivity index (χ4v) is 4.97. The number of aliphatic hydroxyl groups is 1. The SMILES string of the molecule is Cc1cc(CO)cc(S(=O)(=O)NC2CCCN(C)C2)c1Br. The first-order valence-corrected chi connectivity index (χ1v) is 9.22. The number of hydrogen-bond acceptors (Lipinski definition) is 4. The van der Waals surface area contributed by atoms with Crippen molar-refractivity contribution in [3.63, 3.8) is 0 Å². The quantitative estimate of drug-likeness (QED) is 0.837. The minimum atomic E-state index is -3.60. The molecular formula is C14H21BrN2O3S. The van der Waals surface area contributed by atoms with Crippen LogP contribution in [0.4, 0.5) is 0 Å². The first kappa shape index (κ1) is 16.9. The maximum absolute atomic E-state index is 12.6. The fraction of sp³-hybridized carbons (Fsp3) is 0.571. The smallest absolute Gasteiger partial charge is 0.242 e. The molecule has 1 atom stereocenters. The maximum atomic E-state index is 12.6. The summed E-state index contributed by atoms with van der Waals surface area (Å²) in [6, 6.07) is 3.22. The van der Waals surface area contributed by atoms with E-state index in [1.54, 1.807) is 6.07 Å². The lowest BCUT2D eigenvalue weighted by atomic mass is 10.1. The third-order valence-electron chi connectivity index (χ3n) is 3.70. The Morgan fingerprint density at radius 2 is 2.19 bits per heavy atom.